The van der Waals surface area contributed by atoms with Crippen LogP contribution in [0.1, 0.15) is 10.4 Å². The molecule has 2 aromatic rings. The van der Waals surface area contributed by atoms with Gasteiger partial charge < -0.3 is 0 Å². The minimum absolute atomic E-state index is 0.00202. The molecule has 2 aromatic carbocycles. The van der Waals surface area contributed by atoms with Crippen molar-refractivity contribution in [2.24, 2.45) is 0 Å². The van der Waals surface area contributed by atoms with Gasteiger partial charge in [-0.1, -0.05) is 23.7 Å². The zero-order valence-corrected chi connectivity index (χ0v) is 13.3. The molecule has 110 valence electrons. The minimum Gasteiger partial charge on any atom is -0.293 e. The van der Waals surface area contributed by atoms with Crippen LogP contribution in [-0.4, -0.2) is 20.0 Å². The van der Waals surface area contributed by atoms with E-state index in [0.717, 1.165) is 0 Å². The van der Waals surface area contributed by atoms with Crippen molar-refractivity contribution in [3.8, 4) is 0 Å². The lowest BCUT2D eigenvalue weighted by Gasteiger charge is -2.09. The molecule has 0 saturated carbocycles. The van der Waals surface area contributed by atoms with E-state index in [1.54, 1.807) is 24.3 Å². The number of benzene rings is 2. The van der Waals surface area contributed by atoms with E-state index in [4.69, 9.17) is 11.6 Å². The van der Waals surface area contributed by atoms with Crippen molar-refractivity contribution >= 4 is 45.7 Å². The third kappa shape index (κ3) is 3.78. The summed E-state index contributed by atoms with van der Waals surface area (Å²) in [7, 11) is -3.76. The van der Waals surface area contributed by atoms with Gasteiger partial charge in [0, 0.05) is 11.3 Å². The summed E-state index contributed by atoms with van der Waals surface area (Å²) in [5.41, 5.74) is 0.830. The van der Waals surface area contributed by atoms with Crippen molar-refractivity contribution in [1.82, 2.24) is 0 Å². The summed E-state index contributed by atoms with van der Waals surface area (Å²) in [5.74, 6) is -0.0242. The van der Waals surface area contributed by atoms with E-state index >= 15 is 0 Å². The van der Waals surface area contributed by atoms with Crippen molar-refractivity contribution in [2.75, 3.05) is 10.5 Å². The molecule has 0 heterocycles. The molecule has 0 aliphatic heterocycles. The lowest BCUT2D eigenvalue weighted by Crippen LogP contribution is -2.13. The Labute approximate surface area is 133 Å². The van der Waals surface area contributed by atoms with Gasteiger partial charge in [-0.2, -0.15) is 12.6 Å². The number of nitrogens with one attached hydrogen (secondary N) is 1. The molecule has 0 fully saturated rings. The third-order valence-corrected chi connectivity index (χ3v) is 4.90. The number of rotatable bonds is 5. The molecule has 2 rings (SSSR count). The van der Waals surface area contributed by atoms with E-state index in [-0.39, 0.29) is 21.5 Å². The Kier molecular flexibility index (Phi) is 4.92. The van der Waals surface area contributed by atoms with Gasteiger partial charge in [-0.15, -0.1) is 0 Å². The maximum absolute atomic E-state index is 12.2. The molecule has 0 radical (unpaired) electrons. The number of ketones is 1. The molecule has 4 nitrogen and oxygen atoms in total. The maximum atomic E-state index is 12.2. The van der Waals surface area contributed by atoms with E-state index in [2.05, 4.69) is 17.4 Å². The van der Waals surface area contributed by atoms with Crippen LogP contribution in [0, 0.1) is 0 Å². The second-order valence-corrected chi connectivity index (χ2v) is 6.57. The highest BCUT2D eigenvalue weighted by molar-refractivity contribution is 7.92. The zero-order chi connectivity index (χ0) is 15.5. The fourth-order valence-corrected chi connectivity index (χ4v) is 3.45. The van der Waals surface area contributed by atoms with Crippen LogP contribution in [0.5, 0.6) is 0 Å². The molecule has 0 aliphatic rings. The Morgan fingerprint density at radius 3 is 2.29 bits per heavy atom. The average Bonchev–Trinajstić information content (AvgIpc) is 2.47. The number of thiol groups is 1. The molecule has 0 aliphatic carbocycles. The van der Waals surface area contributed by atoms with E-state index < -0.39 is 10.0 Å². The van der Waals surface area contributed by atoms with Gasteiger partial charge in [0.25, 0.3) is 10.0 Å². The fraction of sp³-hybridized carbons (Fsp3) is 0.0714. The van der Waals surface area contributed by atoms with Crippen molar-refractivity contribution in [3.05, 3.63) is 59.1 Å². The first-order chi connectivity index (χ1) is 9.94. The van der Waals surface area contributed by atoms with Crippen LogP contribution in [0.2, 0.25) is 5.02 Å². The lowest BCUT2D eigenvalue weighted by atomic mass is 10.1. The van der Waals surface area contributed by atoms with Gasteiger partial charge in [0.15, 0.2) is 5.78 Å². The first-order valence-corrected chi connectivity index (χ1v) is 8.45. The molecule has 0 atom stereocenters. The van der Waals surface area contributed by atoms with Gasteiger partial charge in [-0.3, -0.25) is 9.52 Å². The number of hydrogen-bond acceptors (Lipinski definition) is 4. The van der Waals surface area contributed by atoms with Gasteiger partial charge in [0.05, 0.1) is 10.8 Å². The van der Waals surface area contributed by atoms with Gasteiger partial charge in [0.2, 0.25) is 0 Å². The smallest absolute Gasteiger partial charge is 0.263 e. The number of Topliss-reactive ketones (excluding diaryl/α,β-unsaturated/α-hetero) is 1. The summed E-state index contributed by atoms with van der Waals surface area (Å²) in [4.78, 5) is 11.4. The van der Waals surface area contributed by atoms with Gasteiger partial charge >= 0.3 is 0 Å². The van der Waals surface area contributed by atoms with E-state index in [1.807, 2.05) is 0 Å². The highest BCUT2D eigenvalue weighted by Crippen LogP contribution is 2.23. The Morgan fingerprint density at radius 2 is 1.71 bits per heavy atom. The Morgan fingerprint density at radius 1 is 1.10 bits per heavy atom. The third-order valence-electron chi connectivity index (χ3n) is 2.73. The van der Waals surface area contributed by atoms with E-state index in [1.165, 1.54) is 24.3 Å². The summed E-state index contributed by atoms with van der Waals surface area (Å²) in [6, 6.07) is 12.3. The van der Waals surface area contributed by atoms with Crippen LogP contribution in [-0.2, 0) is 10.0 Å². The van der Waals surface area contributed by atoms with Crippen LogP contribution in [0.3, 0.4) is 0 Å². The number of carbonyl (C=O) groups is 1. The number of carbonyl (C=O) groups excluding carboxylic acids is 1. The first kappa shape index (κ1) is 15.9. The summed E-state index contributed by atoms with van der Waals surface area (Å²) < 4.78 is 26.9. The molecule has 21 heavy (non-hydrogen) atoms. The predicted octanol–water partition coefficient (Wildman–Crippen LogP) is 3.25. The summed E-state index contributed by atoms with van der Waals surface area (Å²) in [6.45, 7) is 0. The van der Waals surface area contributed by atoms with Crippen LogP contribution in [0.4, 0.5) is 5.69 Å². The monoisotopic (exact) mass is 341 g/mol. The quantitative estimate of drug-likeness (QED) is 0.648. The normalized spacial score (nSPS) is 11.1. The Hall–Kier alpha value is -1.50. The molecule has 1 N–H and O–H groups in total. The molecule has 0 unspecified atom stereocenters. The lowest BCUT2D eigenvalue weighted by molar-refractivity contribution is 0.102. The molecule has 0 amide bonds. The van der Waals surface area contributed by atoms with Crippen molar-refractivity contribution in [3.63, 3.8) is 0 Å². The molecule has 0 saturated heterocycles. The first-order valence-electron chi connectivity index (χ1n) is 5.95. The highest BCUT2D eigenvalue weighted by atomic mass is 35.5. The maximum Gasteiger partial charge on any atom is 0.263 e. The van der Waals surface area contributed by atoms with Crippen LogP contribution < -0.4 is 4.72 Å². The number of sulfonamides is 1. The van der Waals surface area contributed by atoms with Crippen LogP contribution in [0.25, 0.3) is 0 Å². The largest absolute Gasteiger partial charge is 0.293 e. The van der Waals surface area contributed by atoms with E-state index in [9.17, 15) is 13.2 Å². The fourth-order valence-electron chi connectivity index (χ4n) is 1.69. The summed E-state index contributed by atoms with van der Waals surface area (Å²) in [6.07, 6.45) is 0. The molecule has 0 bridgehead atoms. The minimum atomic E-state index is -3.76. The van der Waals surface area contributed by atoms with Crippen molar-refractivity contribution in [2.45, 2.75) is 4.90 Å². The standard InChI is InChI=1S/C14H12ClNO3S2/c15-12-3-1-2-4-14(12)21(18,19)16-11-7-5-10(6-8-11)13(17)9-20/h1-8,16,20H,9H2. The second kappa shape index (κ2) is 6.51. The summed E-state index contributed by atoms with van der Waals surface area (Å²) >= 11 is 9.79. The topological polar surface area (TPSA) is 63.2 Å². The zero-order valence-electron chi connectivity index (χ0n) is 10.8. The average molecular weight is 342 g/mol. The highest BCUT2D eigenvalue weighted by Gasteiger charge is 2.17. The molecular weight excluding hydrogens is 330 g/mol. The van der Waals surface area contributed by atoms with Gasteiger partial charge in [-0.05, 0) is 36.4 Å². The SMILES string of the molecule is O=C(CS)c1ccc(NS(=O)(=O)c2ccccc2Cl)cc1. The number of hydrogen-bond donors (Lipinski definition) is 2. The van der Waals surface area contributed by atoms with Crippen molar-refractivity contribution in [1.29, 1.82) is 0 Å². The van der Waals surface area contributed by atoms with Crippen molar-refractivity contribution < 1.29 is 13.2 Å². The second-order valence-electron chi connectivity index (χ2n) is 4.19. The Balaban J connectivity index is 2.25. The predicted molar refractivity (Wildman–Crippen MR) is 86.9 cm³/mol. The molecular formula is C14H12ClNO3S2. The van der Waals surface area contributed by atoms with Gasteiger partial charge in [0.1, 0.15) is 4.90 Å². The molecule has 0 aromatic heterocycles. The number of anilines is 1. The molecule has 7 heteroatoms. The Bertz CT molecular complexity index is 758. The van der Waals surface area contributed by atoms with Crippen LogP contribution >= 0.6 is 24.2 Å². The van der Waals surface area contributed by atoms with Gasteiger partial charge in [-0.25, -0.2) is 8.42 Å². The summed E-state index contributed by atoms with van der Waals surface area (Å²) in [5, 5.41) is 0.145. The van der Waals surface area contributed by atoms with E-state index in [0.29, 0.717) is 11.3 Å². The van der Waals surface area contributed by atoms with Crippen LogP contribution in [0.15, 0.2) is 53.4 Å². The molecule has 0 spiro atoms. The number of halogens is 1.